The molecular formula is C22H26N6O. The van der Waals surface area contributed by atoms with Gasteiger partial charge in [-0.25, -0.2) is 0 Å². The molecule has 150 valence electrons. The summed E-state index contributed by atoms with van der Waals surface area (Å²) in [7, 11) is 3.59. The SMILES string of the molecule is CNC(=O)c1ccc(-c2cc(C)nc([C@@H]3CCCN3Cc3ccnn3C)c2)cn1. The largest absolute Gasteiger partial charge is 0.354 e. The van der Waals surface area contributed by atoms with Gasteiger partial charge >= 0.3 is 0 Å². The molecule has 1 aliphatic rings. The van der Waals surface area contributed by atoms with Gasteiger partial charge in [0.1, 0.15) is 5.69 Å². The number of carbonyl (C=O) groups excluding carboxylic acids is 1. The van der Waals surface area contributed by atoms with Gasteiger partial charge in [0.2, 0.25) is 0 Å². The maximum atomic E-state index is 11.7. The highest BCUT2D eigenvalue weighted by Crippen LogP contribution is 2.34. The number of amides is 1. The Morgan fingerprint density at radius 2 is 2.10 bits per heavy atom. The fraction of sp³-hybridized carbons (Fsp3) is 0.364. The summed E-state index contributed by atoms with van der Waals surface area (Å²) in [6.45, 7) is 3.96. The van der Waals surface area contributed by atoms with Gasteiger partial charge in [0.25, 0.3) is 5.91 Å². The molecule has 0 saturated carbocycles. The van der Waals surface area contributed by atoms with Crippen LogP contribution >= 0.6 is 0 Å². The van der Waals surface area contributed by atoms with Crippen LogP contribution in [0.3, 0.4) is 0 Å². The van der Waals surface area contributed by atoms with E-state index in [4.69, 9.17) is 4.98 Å². The number of hydrogen-bond acceptors (Lipinski definition) is 5. The van der Waals surface area contributed by atoms with E-state index in [0.717, 1.165) is 48.4 Å². The molecule has 0 bridgehead atoms. The minimum atomic E-state index is -0.181. The van der Waals surface area contributed by atoms with E-state index in [2.05, 4.69) is 38.5 Å². The summed E-state index contributed by atoms with van der Waals surface area (Å²) in [5, 5.41) is 6.89. The van der Waals surface area contributed by atoms with Crippen molar-refractivity contribution >= 4 is 5.91 Å². The number of likely N-dealkylation sites (tertiary alicyclic amines) is 1. The van der Waals surface area contributed by atoms with Crippen LogP contribution in [0, 0.1) is 6.92 Å². The van der Waals surface area contributed by atoms with Gasteiger partial charge in [-0.1, -0.05) is 6.07 Å². The second-order valence-corrected chi connectivity index (χ2v) is 7.51. The highest BCUT2D eigenvalue weighted by molar-refractivity contribution is 5.92. The number of nitrogens with one attached hydrogen (secondary N) is 1. The molecule has 1 atom stereocenters. The van der Waals surface area contributed by atoms with E-state index in [0.29, 0.717) is 11.7 Å². The molecule has 0 aromatic carbocycles. The van der Waals surface area contributed by atoms with E-state index in [1.165, 1.54) is 5.69 Å². The average molecular weight is 390 g/mol. The topological polar surface area (TPSA) is 75.9 Å². The summed E-state index contributed by atoms with van der Waals surface area (Å²) < 4.78 is 1.93. The molecule has 0 spiro atoms. The van der Waals surface area contributed by atoms with Crippen LogP contribution in [-0.2, 0) is 13.6 Å². The molecule has 1 amide bonds. The van der Waals surface area contributed by atoms with Crippen LogP contribution in [0.1, 0.15) is 46.5 Å². The van der Waals surface area contributed by atoms with E-state index in [1.54, 1.807) is 19.3 Å². The van der Waals surface area contributed by atoms with Crippen molar-refractivity contribution in [2.45, 2.75) is 32.4 Å². The smallest absolute Gasteiger partial charge is 0.269 e. The van der Waals surface area contributed by atoms with Crippen LogP contribution in [0.2, 0.25) is 0 Å². The lowest BCUT2D eigenvalue weighted by atomic mass is 10.0. The molecule has 1 aliphatic heterocycles. The quantitative estimate of drug-likeness (QED) is 0.725. The molecule has 0 radical (unpaired) electrons. The second kappa shape index (κ2) is 8.13. The number of hydrogen-bond donors (Lipinski definition) is 1. The third kappa shape index (κ3) is 4.05. The Bertz CT molecular complexity index is 1010. The minimum Gasteiger partial charge on any atom is -0.354 e. The van der Waals surface area contributed by atoms with Crippen molar-refractivity contribution < 1.29 is 4.79 Å². The van der Waals surface area contributed by atoms with Gasteiger partial charge in [0.05, 0.1) is 17.4 Å². The van der Waals surface area contributed by atoms with Crippen LogP contribution in [0.4, 0.5) is 0 Å². The molecule has 4 rings (SSSR count). The molecule has 7 nitrogen and oxygen atoms in total. The predicted molar refractivity (Wildman–Crippen MR) is 111 cm³/mol. The number of pyridine rings is 2. The zero-order valence-corrected chi connectivity index (χ0v) is 17.1. The van der Waals surface area contributed by atoms with Crippen molar-refractivity contribution in [1.29, 1.82) is 0 Å². The molecular weight excluding hydrogens is 364 g/mol. The Morgan fingerprint density at radius 1 is 1.24 bits per heavy atom. The van der Waals surface area contributed by atoms with Gasteiger partial charge in [0.15, 0.2) is 0 Å². The molecule has 1 saturated heterocycles. The van der Waals surface area contributed by atoms with Crippen molar-refractivity contribution in [3.63, 3.8) is 0 Å². The molecule has 29 heavy (non-hydrogen) atoms. The van der Waals surface area contributed by atoms with E-state index in [1.807, 2.05) is 30.9 Å². The third-order valence-electron chi connectivity index (χ3n) is 5.52. The van der Waals surface area contributed by atoms with Crippen molar-refractivity contribution in [2.75, 3.05) is 13.6 Å². The van der Waals surface area contributed by atoms with Gasteiger partial charge < -0.3 is 5.32 Å². The van der Waals surface area contributed by atoms with E-state index >= 15 is 0 Å². The maximum absolute atomic E-state index is 11.7. The minimum absolute atomic E-state index is 0.181. The van der Waals surface area contributed by atoms with E-state index in [-0.39, 0.29) is 5.91 Å². The van der Waals surface area contributed by atoms with Gasteiger partial charge in [-0.05, 0) is 56.1 Å². The first-order valence-electron chi connectivity index (χ1n) is 9.93. The number of aryl methyl sites for hydroxylation is 2. The molecule has 1 fully saturated rings. The molecule has 0 aliphatic carbocycles. The highest BCUT2D eigenvalue weighted by Gasteiger charge is 2.28. The number of nitrogens with zero attached hydrogens (tertiary/aromatic N) is 5. The lowest BCUT2D eigenvalue weighted by Crippen LogP contribution is -2.25. The first-order chi connectivity index (χ1) is 14.0. The van der Waals surface area contributed by atoms with Gasteiger partial charge in [-0.2, -0.15) is 5.10 Å². The zero-order chi connectivity index (χ0) is 20.4. The molecule has 0 unspecified atom stereocenters. The standard InChI is InChI=1S/C22H26N6O/c1-15-11-17(16-6-7-19(24-13-16)22(29)23-2)12-20(26-15)21-5-4-10-28(21)14-18-8-9-25-27(18)3/h6-9,11-13,21H,4-5,10,14H2,1-3H3,(H,23,29)/t21-/m0/s1. The molecule has 3 aromatic heterocycles. The summed E-state index contributed by atoms with van der Waals surface area (Å²) in [6, 6.07) is 10.3. The van der Waals surface area contributed by atoms with E-state index < -0.39 is 0 Å². The first kappa shape index (κ1) is 19.3. The Labute approximate surface area is 170 Å². The van der Waals surface area contributed by atoms with Gasteiger partial charge in [-0.15, -0.1) is 0 Å². The Morgan fingerprint density at radius 3 is 2.79 bits per heavy atom. The van der Waals surface area contributed by atoms with Crippen molar-refractivity contribution in [3.05, 3.63) is 65.5 Å². The van der Waals surface area contributed by atoms with Crippen molar-refractivity contribution in [3.8, 4) is 11.1 Å². The molecule has 1 N–H and O–H groups in total. The van der Waals surface area contributed by atoms with Crippen molar-refractivity contribution in [1.82, 2.24) is 30.0 Å². The second-order valence-electron chi connectivity index (χ2n) is 7.51. The summed E-state index contributed by atoms with van der Waals surface area (Å²) >= 11 is 0. The highest BCUT2D eigenvalue weighted by atomic mass is 16.1. The summed E-state index contributed by atoms with van der Waals surface area (Å²) in [4.78, 5) is 23.4. The number of carbonyl (C=O) groups is 1. The summed E-state index contributed by atoms with van der Waals surface area (Å²) in [5.41, 5.74) is 5.77. The number of rotatable bonds is 5. The van der Waals surface area contributed by atoms with Gasteiger partial charge in [-0.3, -0.25) is 24.3 Å². The van der Waals surface area contributed by atoms with Crippen LogP contribution < -0.4 is 5.32 Å². The Hall–Kier alpha value is -3.06. The maximum Gasteiger partial charge on any atom is 0.269 e. The van der Waals surface area contributed by atoms with Crippen LogP contribution in [0.15, 0.2) is 42.7 Å². The fourth-order valence-electron chi connectivity index (χ4n) is 3.97. The Balaban J connectivity index is 1.61. The van der Waals surface area contributed by atoms with Crippen LogP contribution in [-0.4, -0.2) is 44.1 Å². The fourth-order valence-corrected chi connectivity index (χ4v) is 3.97. The molecule has 4 heterocycles. The summed E-state index contributed by atoms with van der Waals surface area (Å²) in [5.74, 6) is -0.181. The first-order valence-corrected chi connectivity index (χ1v) is 9.93. The summed E-state index contributed by atoms with van der Waals surface area (Å²) in [6.07, 6.45) is 5.86. The lowest BCUT2D eigenvalue weighted by Gasteiger charge is -2.24. The van der Waals surface area contributed by atoms with Crippen LogP contribution in [0.25, 0.3) is 11.1 Å². The third-order valence-corrected chi connectivity index (χ3v) is 5.52. The number of aromatic nitrogens is 4. The van der Waals surface area contributed by atoms with E-state index in [9.17, 15) is 4.79 Å². The van der Waals surface area contributed by atoms with Crippen molar-refractivity contribution in [2.24, 2.45) is 7.05 Å². The predicted octanol–water partition coefficient (Wildman–Crippen LogP) is 2.88. The average Bonchev–Trinajstić information content (AvgIpc) is 3.36. The van der Waals surface area contributed by atoms with Crippen LogP contribution in [0.5, 0.6) is 0 Å². The molecule has 3 aromatic rings. The normalized spacial score (nSPS) is 16.9. The van der Waals surface area contributed by atoms with Gasteiger partial charge in [0, 0.05) is 44.3 Å². The lowest BCUT2D eigenvalue weighted by molar-refractivity contribution is 0.0958. The molecule has 7 heteroatoms. The Kier molecular flexibility index (Phi) is 5.40. The zero-order valence-electron chi connectivity index (χ0n) is 17.1. The monoisotopic (exact) mass is 390 g/mol.